The van der Waals surface area contributed by atoms with Crippen molar-refractivity contribution in [2.24, 2.45) is 5.92 Å². The normalized spacial score (nSPS) is 15.0. The first-order valence-corrected chi connectivity index (χ1v) is 9.93. The Hall–Kier alpha value is -3.02. The molecule has 4 rings (SSSR count). The molecule has 5 nitrogen and oxygen atoms in total. The predicted octanol–water partition coefficient (Wildman–Crippen LogP) is 4.91. The van der Waals surface area contributed by atoms with Gasteiger partial charge in [0.1, 0.15) is 17.4 Å². The highest BCUT2D eigenvalue weighted by Crippen LogP contribution is 2.35. The van der Waals surface area contributed by atoms with Crippen LogP contribution >= 0.6 is 0 Å². The highest BCUT2D eigenvalue weighted by atomic mass is 19.1. The van der Waals surface area contributed by atoms with E-state index in [9.17, 15) is 9.18 Å². The lowest BCUT2D eigenvalue weighted by molar-refractivity contribution is -0.131. The standard InChI is InChI=1S/C23H24FN3O2/c1-14-9-11-27(12-10-14)23-17-8-7-15(2)13-19(17)25-22(26-23)21-18(24)5-4-6-20(21)29-16(3)28/h4-8,13-14H,9-12H2,1-3H3. The third-order valence-electron chi connectivity index (χ3n) is 5.37. The van der Waals surface area contributed by atoms with Crippen LogP contribution in [0.25, 0.3) is 22.3 Å². The van der Waals surface area contributed by atoms with E-state index in [1.807, 2.05) is 25.1 Å². The zero-order valence-electron chi connectivity index (χ0n) is 16.9. The number of nitrogens with zero attached hydrogens (tertiary/aromatic N) is 3. The van der Waals surface area contributed by atoms with Gasteiger partial charge >= 0.3 is 5.97 Å². The summed E-state index contributed by atoms with van der Waals surface area (Å²) in [6, 6.07) is 10.4. The van der Waals surface area contributed by atoms with Crippen molar-refractivity contribution < 1.29 is 13.9 Å². The molecule has 0 unspecified atom stereocenters. The molecule has 0 amide bonds. The lowest BCUT2D eigenvalue weighted by Crippen LogP contribution is -2.33. The van der Waals surface area contributed by atoms with E-state index < -0.39 is 11.8 Å². The number of benzene rings is 2. The van der Waals surface area contributed by atoms with Gasteiger partial charge in [-0.25, -0.2) is 14.4 Å². The van der Waals surface area contributed by atoms with Crippen LogP contribution in [-0.2, 0) is 4.79 Å². The Balaban J connectivity index is 1.92. The van der Waals surface area contributed by atoms with Crippen molar-refractivity contribution >= 4 is 22.7 Å². The fourth-order valence-corrected chi connectivity index (χ4v) is 3.76. The average Bonchev–Trinajstić information content (AvgIpc) is 2.67. The summed E-state index contributed by atoms with van der Waals surface area (Å²) in [5, 5.41) is 0.944. The molecule has 150 valence electrons. The number of hydrogen-bond donors (Lipinski definition) is 0. The second kappa shape index (κ2) is 7.78. The Kier molecular flexibility index (Phi) is 5.18. The first kappa shape index (κ1) is 19.3. The van der Waals surface area contributed by atoms with E-state index in [2.05, 4.69) is 16.8 Å². The molecule has 0 bridgehead atoms. The number of halogens is 1. The number of piperidine rings is 1. The molecule has 0 N–H and O–H groups in total. The highest BCUT2D eigenvalue weighted by Gasteiger charge is 2.23. The number of fused-ring (bicyclic) bond motifs is 1. The third kappa shape index (κ3) is 3.92. The van der Waals surface area contributed by atoms with Gasteiger partial charge in [0.05, 0.1) is 11.1 Å². The van der Waals surface area contributed by atoms with Crippen LogP contribution in [-0.4, -0.2) is 29.0 Å². The number of anilines is 1. The summed E-state index contributed by atoms with van der Waals surface area (Å²) < 4.78 is 20.0. The molecular formula is C23H24FN3O2. The monoisotopic (exact) mass is 393 g/mol. The van der Waals surface area contributed by atoms with Crippen LogP contribution in [0, 0.1) is 18.7 Å². The van der Waals surface area contributed by atoms with Crippen molar-refractivity contribution in [2.45, 2.75) is 33.6 Å². The molecule has 0 saturated carbocycles. The molecule has 2 heterocycles. The van der Waals surface area contributed by atoms with Crippen molar-refractivity contribution in [2.75, 3.05) is 18.0 Å². The Bertz CT molecular complexity index is 1080. The van der Waals surface area contributed by atoms with Crippen LogP contribution in [0.2, 0.25) is 0 Å². The fraction of sp³-hybridized carbons (Fsp3) is 0.348. The Morgan fingerprint density at radius 1 is 1.17 bits per heavy atom. The van der Waals surface area contributed by atoms with Crippen LogP contribution in [0.1, 0.15) is 32.3 Å². The smallest absolute Gasteiger partial charge is 0.308 e. The average molecular weight is 393 g/mol. The molecule has 29 heavy (non-hydrogen) atoms. The molecule has 3 aromatic rings. The summed E-state index contributed by atoms with van der Waals surface area (Å²) in [5.41, 5.74) is 1.92. The molecular weight excluding hydrogens is 369 g/mol. The maximum absolute atomic E-state index is 14.8. The van der Waals surface area contributed by atoms with Gasteiger partial charge in [-0.3, -0.25) is 4.79 Å². The van der Waals surface area contributed by atoms with Crippen LogP contribution in [0.3, 0.4) is 0 Å². The summed E-state index contributed by atoms with van der Waals surface area (Å²) in [6.07, 6.45) is 2.18. The maximum atomic E-state index is 14.8. The first-order chi connectivity index (χ1) is 13.9. The van der Waals surface area contributed by atoms with Gasteiger partial charge in [-0.2, -0.15) is 0 Å². The van der Waals surface area contributed by atoms with Crippen LogP contribution < -0.4 is 9.64 Å². The lowest BCUT2D eigenvalue weighted by atomic mass is 9.99. The quantitative estimate of drug-likeness (QED) is 0.468. The van der Waals surface area contributed by atoms with Crippen molar-refractivity contribution in [1.82, 2.24) is 9.97 Å². The molecule has 1 aliphatic rings. The van der Waals surface area contributed by atoms with Gasteiger partial charge in [-0.15, -0.1) is 0 Å². The Labute approximate surface area is 169 Å². The second-order valence-corrected chi connectivity index (χ2v) is 7.77. The summed E-state index contributed by atoms with van der Waals surface area (Å²) in [7, 11) is 0. The molecule has 1 saturated heterocycles. The van der Waals surface area contributed by atoms with Gasteiger partial charge in [-0.1, -0.05) is 19.1 Å². The molecule has 1 aliphatic heterocycles. The number of rotatable bonds is 3. The lowest BCUT2D eigenvalue weighted by Gasteiger charge is -2.32. The van der Waals surface area contributed by atoms with E-state index >= 15 is 0 Å². The van der Waals surface area contributed by atoms with E-state index in [0.29, 0.717) is 5.92 Å². The topological polar surface area (TPSA) is 55.3 Å². The molecule has 0 spiro atoms. The van der Waals surface area contributed by atoms with E-state index in [-0.39, 0.29) is 17.1 Å². The van der Waals surface area contributed by atoms with Gasteiger partial charge in [0.25, 0.3) is 0 Å². The molecule has 0 aliphatic carbocycles. The van der Waals surface area contributed by atoms with Gasteiger partial charge in [0.15, 0.2) is 5.82 Å². The van der Waals surface area contributed by atoms with Crippen molar-refractivity contribution in [3.05, 3.63) is 47.8 Å². The van der Waals surface area contributed by atoms with Crippen molar-refractivity contribution in [1.29, 1.82) is 0 Å². The Morgan fingerprint density at radius 3 is 2.66 bits per heavy atom. The SMILES string of the molecule is CC(=O)Oc1cccc(F)c1-c1nc(N2CCC(C)CC2)c2ccc(C)cc2n1. The molecule has 1 fully saturated rings. The van der Waals surface area contributed by atoms with Gasteiger partial charge in [-0.05, 0) is 55.5 Å². The van der Waals surface area contributed by atoms with Crippen LogP contribution in [0.4, 0.5) is 10.2 Å². The number of ether oxygens (including phenoxy) is 1. The maximum Gasteiger partial charge on any atom is 0.308 e. The summed E-state index contributed by atoms with van der Waals surface area (Å²) >= 11 is 0. The second-order valence-electron chi connectivity index (χ2n) is 7.77. The number of aryl methyl sites for hydroxylation is 1. The van der Waals surface area contributed by atoms with E-state index in [1.54, 1.807) is 6.07 Å². The third-order valence-corrected chi connectivity index (χ3v) is 5.37. The van der Waals surface area contributed by atoms with Crippen molar-refractivity contribution in [3.63, 3.8) is 0 Å². The van der Waals surface area contributed by atoms with Crippen LogP contribution in [0.15, 0.2) is 36.4 Å². The Morgan fingerprint density at radius 2 is 1.93 bits per heavy atom. The highest BCUT2D eigenvalue weighted by molar-refractivity contribution is 5.92. The minimum atomic E-state index is -0.519. The zero-order valence-corrected chi connectivity index (χ0v) is 16.9. The first-order valence-electron chi connectivity index (χ1n) is 9.93. The zero-order chi connectivity index (χ0) is 20.5. The number of esters is 1. The molecule has 0 radical (unpaired) electrons. The van der Waals surface area contributed by atoms with E-state index in [1.165, 1.54) is 19.1 Å². The van der Waals surface area contributed by atoms with Crippen LogP contribution in [0.5, 0.6) is 5.75 Å². The van der Waals surface area contributed by atoms with Gasteiger partial charge < -0.3 is 9.64 Å². The van der Waals surface area contributed by atoms with E-state index in [0.717, 1.165) is 48.2 Å². The summed E-state index contributed by atoms with van der Waals surface area (Å²) in [4.78, 5) is 23.2. The number of aromatic nitrogens is 2. The number of hydrogen-bond acceptors (Lipinski definition) is 5. The van der Waals surface area contributed by atoms with E-state index in [4.69, 9.17) is 9.72 Å². The molecule has 6 heteroatoms. The molecule has 2 aromatic carbocycles. The minimum absolute atomic E-state index is 0.109. The molecule has 0 atom stereocenters. The number of carbonyl (C=O) groups is 1. The van der Waals surface area contributed by atoms with Crippen molar-refractivity contribution in [3.8, 4) is 17.1 Å². The summed E-state index contributed by atoms with van der Waals surface area (Å²) in [5.74, 6) is 0.804. The largest absolute Gasteiger partial charge is 0.426 e. The minimum Gasteiger partial charge on any atom is -0.426 e. The fourth-order valence-electron chi connectivity index (χ4n) is 3.76. The number of carbonyl (C=O) groups excluding carboxylic acids is 1. The van der Waals surface area contributed by atoms with Gasteiger partial charge in [0.2, 0.25) is 0 Å². The summed E-state index contributed by atoms with van der Waals surface area (Å²) in [6.45, 7) is 7.34. The van der Waals surface area contributed by atoms with Gasteiger partial charge in [0, 0.05) is 25.4 Å². The predicted molar refractivity (Wildman–Crippen MR) is 112 cm³/mol. The molecule has 1 aromatic heterocycles.